The van der Waals surface area contributed by atoms with Gasteiger partial charge in [0.05, 0.1) is 18.2 Å². The molecule has 144 valence electrons. The number of carbonyl (C=O) groups is 1. The molecule has 1 amide bonds. The summed E-state index contributed by atoms with van der Waals surface area (Å²) in [5.41, 5.74) is 3.35. The van der Waals surface area contributed by atoms with E-state index in [4.69, 9.17) is 0 Å². The first kappa shape index (κ1) is 18.5. The standard InChI is InChI=1S/C22H24N4O2/c1-24(2)14-21(28)25-11-15-9-17(13-25)22-19(7-8-20(27)26(22)12-15)18-6-4-3-5-16(18)10-23/h3-8,15,17H,9,11-14H2,1-2H3/t15-,17+/m0/s1. The Kier molecular flexibility index (Phi) is 4.78. The number of aromatic nitrogens is 1. The normalized spacial score (nSPS) is 20.6. The first-order valence-corrected chi connectivity index (χ1v) is 9.63. The summed E-state index contributed by atoms with van der Waals surface area (Å²) in [5, 5.41) is 9.54. The van der Waals surface area contributed by atoms with Crippen molar-refractivity contribution in [3.05, 3.63) is 58.0 Å². The maximum absolute atomic E-state index is 12.6. The molecule has 28 heavy (non-hydrogen) atoms. The van der Waals surface area contributed by atoms with Gasteiger partial charge in [0.1, 0.15) is 0 Å². The van der Waals surface area contributed by atoms with Crippen LogP contribution in [-0.4, -0.2) is 54.0 Å². The summed E-state index contributed by atoms with van der Waals surface area (Å²) in [5.74, 6) is 0.524. The number of hydrogen-bond donors (Lipinski definition) is 0. The van der Waals surface area contributed by atoms with Gasteiger partial charge in [-0.25, -0.2) is 0 Å². The highest BCUT2D eigenvalue weighted by atomic mass is 16.2. The molecule has 1 fully saturated rings. The van der Waals surface area contributed by atoms with Crippen LogP contribution in [0.25, 0.3) is 11.1 Å². The lowest BCUT2D eigenvalue weighted by Crippen LogP contribution is -2.51. The van der Waals surface area contributed by atoms with Gasteiger partial charge in [0.15, 0.2) is 0 Å². The molecule has 3 heterocycles. The van der Waals surface area contributed by atoms with Crippen molar-refractivity contribution < 1.29 is 4.79 Å². The van der Waals surface area contributed by atoms with Crippen LogP contribution in [0.2, 0.25) is 0 Å². The Morgan fingerprint density at radius 1 is 1.14 bits per heavy atom. The van der Waals surface area contributed by atoms with E-state index in [0.717, 1.165) is 23.2 Å². The molecule has 4 rings (SSSR count). The number of carbonyl (C=O) groups excluding carboxylic acids is 1. The Balaban J connectivity index is 1.79. The average Bonchev–Trinajstić information content (AvgIpc) is 2.68. The van der Waals surface area contributed by atoms with Crippen molar-refractivity contribution in [3.63, 3.8) is 0 Å². The van der Waals surface area contributed by atoms with Gasteiger partial charge in [0.2, 0.25) is 5.91 Å². The van der Waals surface area contributed by atoms with Crippen LogP contribution in [0.4, 0.5) is 0 Å². The van der Waals surface area contributed by atoms with Gasteiger partial charge in [-0.3, -0.25) is 9.59 Å². The molecule has 2 aromatic rings. The van der Waals surface area contributed by atoms with Gasteiger partial charge in [-0.2, -0.15) is 5.26 Å². The van der Waals surface area contributed by atoms with Gasteiger partial charge < -0.3 is 14.4 Å². The highest BCUT2D eigenvalue weighted by Crippen LogP contribution is 2.40. The third kappa shape index (κ3) is 3.23. The van der Waals surface area contributed by atoms with Crippen LogP contribution in [0.1, 0.15) is 23.6 Å². The van der Waals surface area contributed by atoms with Crippen molar-refractivity contribution in [1.82, 2.24) is 14.4 Å². The Morgan fingerprint density at radius 3 is 2.68 bits per heavy atom. The van der Waals surface area contributed by atoms with Crippen LogP contribution in [0.15, 0.2) is 41.2 Å². The van der Waals surface area contributed by atoms with Crippen molar-refractivity contribution >= 4 is 5.91 Å². The SMILES string of the molecule is CN(C)CC(=O)N1C[C@@H]2C[C@H](C1)c1c(-c3ccccc3C#N)ccc(=O)n1C2. The number of amides is 1. The number of likely N-dealkylation sites (N-methyl/N-ethyl adjacent to an activating group) is 1. The zero-order chi connectivity index (χ0) is 19.8. The quantitative estimate of drug-likeness (QED) is 0.820. The predicted octanol–water partition coefficient (Wildman–Crippen LogP) is 1.89. The Bertz CT molecular complexity index is 1020. The third-order valence-electron chi connectivity index (χ3n) is 5.73. The minimum atomic E-state index is -0.00374. The van der Waals surface area contributed by atoms with Gasteiger partial charge in [-0.05, 0) is 38.6 Å². The highest BCUT2D eigenvalue weighted by molar-refractivity contribution is 5.79. The molecular weight excluding hydrogens is 352 g/mol. The van der Waals surface area contributed by atoms with Crippen molar-refractivity contribution in [2.75, 3.05) is 33.7 Å². The molecule has 0 spiro atoms. The summed E-state index contributed by atoms with van der Waals surface area (Å²) in [4.78, 5) is 29.1. The summed E-state index contributed by atoms with van der Waals surface area (Å²) in [7, 11) is 3.79. The van der Waals surface area contributed by atoms with Crippen LogP contribution in [0, 0.1) is 17.2 Å². The fraction of sp³-hybridized carbons (Fsp3) is 0.409. The first-order valence-electron chi connectivity index (χ1n) is 9.63. The molecule has 1 aromatic carbocycles. The van der Waals surface area contributed by atoms with Crippen LogP contribution < -0.4 is 5.56 Å². The van der Waals surface area contributed by atoms with Crippen molar-refractivity contribution in [3.8, 4) is 17.2 Å². The van der Waals surface area contributed by atoms with E-state index < -0.39 is 0 Å². The van der Waals surface area contributed by atoms with Crippen LogP contribution in [-0.2, 0) is 11.3 Å². The summed E-state index contributed by atoms with van der Waals surface area (Å²) >= 11 is 0. The minimum Gasteiger partial charge on any atom is -0.341 e. The lowest BCUT2D eigenvalue weighted by molar-refractivity contribution is -0.134. The van der Waals surface area contributed by atoms with Crippen molar-refractivity contribution in [1.29, 1.82) is 5.26 Å². The van der Waals surface area contributed by atoms with Gasteiger partial charge >= 0.3 is 0 Å². The molecule has 1 saturated heterocycles. The maximum atomic E-state index is 12.6. The van der Waals surface area contributed by atoms with Crippen LogP contribution in [0.5, 0.6) is 0 Å². The highest BCUT2D eigenvalue weighted by Gasteiger charge is 2.38. The number of pyridine rings is 1. The lowest BCUT2D eigenvalue weighted by Gasteiger charge is -2.43. The number of fused-ring (bicyclic) bond motifs is 4. The Hall–Kier alpha value is -2.91. The smallest absolute Gasteiger partial charge is 0.250 e. The molecule has 2 atom stereocenters. The minimum absolute atomic E-state index is 0.00374. The molecule has 2 aliphatic heterocycles. The first-order chi connectivity index (χ1) is 13.5. The fourth-order valence-electron chi connectivity index (χ4n) is 4.63. The zero-order valence-electron chi connectivity index (χ0n) is 16.3. The largest absolute Gasteiger partial charge is 0.341 e. The van der Waals surface area contributed by atoms with Gasteiger partial charge in [-0.1, -0.05) is 18.2 Å². The summed E-state index contributed by atoms with van der Waals surface area (Å²) in [6.07, 6.45) is 0.969. The topological polar surface area (TPSA) is 69.3 Å². The number of likely N-dealkylation sites (tertiary alicyclic amines) is 1. The van der Waals surface area contributed by atoms with Gasteiger partial charge in [-0.15, -0.1) is 0 Å². The average molecular weight is 376 g/mol. The van der Waals surface area contributed by atoms with E-state index in [9.17, 15) is 14.9 Å². The summed E-state index contributed by atoms with van der Waals surface area (Å²) < 4.78 is 1.87. The van der Waals surface area contributed by atoms with Crippen LogP contribution in [0.3, 0.4) is 0 Å². The molecule has 6 nitrogen and oxygen atoms in total. The van der Waals surface area contributed by atoms with E-state index >= 15 is 0 Å². The molecule has 0 unspecified atom stereocenters. The number of piperidine rings is 1. The molecule has 1 aromatic heterocycles. The number of rotatable bonds is 3. The molecule has 0 N–H and O–H groups in total. The van der Waals surface area contributed by atoms with E-state index in [1.165, 1.54) is 0 Å². The van der Waals surface area contributed by atoms with E-state index in [1.807, 2.05) is 52.7 Å². The van der Waals surface area contributed by atoms with Gasteiger partial charge in [0, 0.05) is 48.4 Å². The second-order valence-electron chi connectivity index (χ2n) is 8.07. The van der Waals surface area contributed by atoms with E-state index in [0.29, 0.717) is 31.7 Å². The van der Waals surface area contributed by atoms with E-state index in [2.05, 4.69) is 6.07 Å². The Labute approximate surface area is 164 Å². The number of benzene rings is 1. The molecule has 0 aliphatic carbocycles. The molecule has 2 bridgehead atoms. The molecular formula is C22H24N4O2. The predicted molar refractivity (Wildman–Crippen MR) is 107 cm³/mol. The summed E-state index contributed by atoms with van der Waals surface area (Å²) in [6.45, 7) is 2.34. The molecule has 0 radical (unpaired) electrons. The maximum Gasteiger partial charge on any atom is 0.250 e. The molecule has 2 aliphatic rings. The lowest BCUT2D eigenvalue weighted by atomic mass is 9.80. The second-order valence-corrected chi connectivity index (χ2v) is 8.07. The van der Waals surface area contributed by atoms with Crippen LogP contribution >= 0.6 is 0 Å². The molecule has 0 saturated carbocycles. The molecule has 6 heteroatoms. The van der Waals surface area contributed by atoms with Crippen molar-refractivity contribution in [2.24, 2.45) is 5.92 Å². The zero-order valence-corrected chi connectivity index (χ0v) is 16.3. The van der Waals surface area contributed by atoms with E-state index in [1.54, 1.807) is 12.1 Å². The number of nitrogens with zero attached hydrogens (tertiary/aromatic N) is 4. The monoisotopic (exact) mass is 376 g/mol. The second kappa shape index (κ2) is 7.25. The van der Waals surface area contributed by atoms with Crippen molar-refractivity contribution in [2.45, 2.75) is 18.9 Å². The third-order valence-corrected chi connectivity index (χ3v) is 5.73. The van der Waals surface area contributed by atoms with E-state index in [-0.39, 0.29) is 23.3 Å². The van der Waals surface area contributed by atoms with Gasteiger partial charge in [0.25, 0.3) is 5.56 Å². The summed E-state index contributed by atoms with van der Waals surface area (Å²) in [6, 6.07) is 13.2. The number of hydrogen-bond acceptors (Lipinski definition) is 4. The Morgan fingerprint density at radius 2 is 1.93 bits per heavy atom. The fourth-order valence-corrected chi connectivity index (χ4v) is 4.63. The number of nitriles is 1.